The van der Waals surface area contributed by atoms with Crippen LogP contribution < -0.4 is 10.2 Å². The number of hydrogen-bond donors (Lipinski definition) is 1. The first-order valence-corrected chi connectivity index (χ1v) is 8.68. The monoisotopic (exact) mass is 289 g/mol. The highest BCUT2D eigenvalue weighted by molar-refractivity contribution is 5.44. The third-order valence-electron chi connectivity index (χ3n) is 4.71. The highest BCUT2D eigenvalue weighted by atomic mass is 15.1. The van der Waals surface area contributed by atoms with Gasteiger partial charge in [0, 0.05) is 19.1 Å². The van der Waals surface area contributed by atoms with Crippen LogP contribution in [0.1, 0.15) is 64.6 Å². The molecule has 3 heteroatoms. The van der Waals surface area contributed by atoms with Crippen molar-refractivity contribution in [3.8, 4) is 0 Å². The van der Waals surface area contributed by atoms with Gasteiger partial charge in [-0.3, -0.25) is 4.98 Å². The van der Waals surface area contributed by atoms with E-state index in [1.807, 2.05) is 0 Å². The normalized spacial score (nSPS) is 21.1. The Hall–Kier alpha value is -1.09. The number of pyridine rings is 1. The Labute approximate surface area is 130 Å². The average molecular weight is 289 g/mol. The van der Waals surface area contributed by atoms with E-state index in [1.165, 1.54) is 44.5 Å². The largest absolute Gasteiger partial charge is 0.370 e. The van der Waals surface area contributed by atoms with Crippen molar-refractivity contribution in [2.45, 2.75) is 58.9 Å². The molecule has 0 radical (unpaired) electrons. The van der Waals surface area contributed by atoms with E-state index in [-0.39, 0.29) is 0 Å². The molecule has 1 N–H and O–H groups in total. The standard InChI is InChI=1S/C18H31N3/c1-4-11-19-15(3)18-9-8-17(14-20-18)21-12-6-7-16(5-2)10-13-21/h8-9,14-16,19H,4-7,10-13H2,1-3H3. The second-order valence-electron chi connectivity index (χ2n) is 6.31. The first-order valence-electron chi connectivity index (χ1n) is 8.68. The molecule has 118 valence electrons. The number of nitrogens with zero attached hydrogens (tertiary/aromatic N) is 2. The summed E-state index contributed by atoms with van der Waals surface area (Å²) in [6.45, 7) is 10.1. The number of hydrogen-bond acceptors (Lipinski definition) is 3. The summed E-state index contributed by atoms with van der Waals surface area (Å²) in [6, 6.07) is 4.77. The van der Waals surface area contributed by atoms with Crippen LogP contribution >= 0.6 is 0 Å². The van der Waals surface area contributed by atoms with Gasteiger partial charge in [-0.1, -0.05) is 20.3 Å². The van der Waals surface area contributed by atoms with E-state index in [1.54, 1.807) is 0 Å². The molecule has 1 fully saturated rings. The Morgan fingerprint density at radius 2 is 2.14 bits per heavy atom. The molecular formula is C18H31N3. The number of aromatic nitrogens is 1. The Kier molecular flexibility index (Phi) is 6.50. The van der Waals surface area contributed by atoms with E-state index in [2.05, 4.69) is 54.3 Å². The third kappa shape index (κ3) is 4.70. The van der Waals surface area contributed by atoms with Gasteiger partial charge in [0.2, 0.25) is 0 Å². The first-order chi connectivity index (χ1) is 10.2. The van der Waals surface area contributed by atoms with Crippen LogP contribution in [0.3, 0.4) is 0 Å². The Balaban J connectivity index is 1.95. The van der Waals surface area contributed by atoms with Gasteiger partial charge in [-0.25, -0.2) is 0 Å². The molecule has 0 aliphatic carbocycles. The predicted octanol–water partition coefficient (Wildman–Crippen LogP) is 4.16. The van der Waals surface area contributed by atoms with Crippen LogP contribution in [0.15, 0.2) is 18.3 Å². The van der Waals surface area contributed by atoms with Crippen LogP contribution in [0.5, 0.6) is 0 Å². The molecule has 2 atom stereocenters. The molecule has 1 aromatic heterocycles. The second-order valence-corrected chi connectivity index (χ2v) is 6.31. The van der Waals surface area contributed by atoms with E-state index in [4.69, 9.17) is 0 Å². The van der Waals surface area contributed by atoms with Crippen molar-refractivity contribution in [2.75, 3.05) is 24.5 Å². The summed E-state index contributed by atoms with van der Waals surface area (Å²) in [5, 5.41) is 3.49. The molecule has 2 unspecified atom stereocenters. The van der Waals surface area contributed by atoms with E-state index < -0.39 is 0 Å². The molecule has 1 saturated heterocycles. The summed E-state index contributed by atoms with van der Waals surface area (Å²) >= 11 is 0. The fourth-order valence-corrected chi connectivity index (χ4v) is 3.14. The minimum Gasteiger partial charge on any atom is -0.370 e. The maximum absolute atomic E-state index is 4.67. The zero-order chi connectivity index (χ0) is 15.1. The molecule has 2 rings (SSSR count). The molecule has 21 heavy (non-hydrogen) atoms. The Morgan fingerprint density at radius 1 is 1.29 bits per heavy atom. The first kappa shape index (κ1) is 16.3. The van der Waals surface area contributed by atoms with Crippen molar-refractivity contribution in [3.05, 3.63) is 24.0 Å². The van der Waals surface area contributed by atoms with Gasteiger partial charge in [-0.15, -0.1) is 0 Å². The van der Waals surface area contributed by atoms with Crippen LogP contribution in [0.25, 0.3) is 0 Å². The fraction of sp³-hybridized carbons (Fsp3) is 0.722. The maximum Gasteiger partial charge on any atom is 0.0572 e. The van der Waals surface area contributed by atoms with Crippen LogP contribution in [-0.4, -0.2) is 24.6 Å². The van der Waals surface area contributed by atoms with Gasteiger partial charge >= 0.3 is 0 Å². The molecule has 2 heterocycles. The van der Waals surface area contributed by atoms with E-state index in [0.717, 1.165) is 24.6 Å². The number of nitrogens with one attached hydrogen (secondary N) is 1. The van der Waals surface area contributed by atoms with Crippen molar-refractivity contribution >= 4 is 5.69 Å². The summed E-state index contributed by atoms with van der Waals surface area (Å²) in [6.07, 6.45) is 8.57. The summed E-state index contributed by atoms with van der Waals surface area (Å²) < 4.78 is 0. The van der Waals surface area contributed by atoms with Gasteiger partial charge in [0.25, 0.3) is 0 Å². The zero-order valence-electron chi connectivity index (χ0n) is 13.9. The third-order valence-corrected chi connectivity index (χ3v) is 4.71. The minimum absolute atomic E-state index is 0.340. The van der Waals surface area contributed by atoms with Crippen LogP contribution in [0.4, 0.5) is 5.69 Å². The van der Waals surface area contributed by atoms with Crippen LogP contribution in [0, 0.1) is 5.92 Å². The molecule has 3 nitrogen and oxygen atoms in total. The summed E-state index contributed by atoms with van der Waals surface area (Å²) in [4.78, 5) is 7.18. The van der Waals surface area contributed by atoms with Crippen LogP contribution in [0.2, 0.25) is 0 Å². The van der Waals surface area contributed by atoms with Gasteiger partial charge in [-0.2, -0.15) is 0 Å². The SMILES string of the molecule is CCCNC(C)c1ccc(N2CCCC(CC)CC2)cn1. The van der Waals surface area contributed by atoms with E-state index >= 15 is 0 Å². The van der Waals surface area contributed by atoms with Crippen molar-refractivity contribution in [3.63, 3.8) is 0 Å². The lowest BCUT2D eigenvalue weighted by Crippen LogP contribution is -2.25. The Bertz CT molecular complexity index is 401. The lowest BCUT2D eigenvalue weighted by atomic mass is 9.98. The second kappa shape index (κ2) is 8.38. The molecular weight excluding hydrogens is 258 g/mol. The lowest BCUT2D eigenvalue weighted by molar-refractivity contribution is 0.459. The van der Waals surface area contributed by atoms with Gasteiger partial charge in [0.15, 0.2) is 0 Å². The predicted molar refractivity (Wildman–Crippen MR) is 90.8 cm³/mol. The minimum atomic E-state index is 0.340. The number of rotatable bonds is 6. The summed E-state index contributed by atoms with van der Waals surface area (Å²) in [5.74, 6) is 0.917. The molecule has 0 saturated carbocycles. The molecule has 1 aromatic rings. The molecule has 0 aromatic carbocycles. The molecule has 0 bridgehead atoms. The van der Waals surface area contributed by atoms with E-state index in [0.29, 0.717) is 6.04 Å². The number of anilines is 1. The molecule has 1 aliphatic rings. The quantitative estimate of drug-likeness (QED) is 0.852. The van der Waals surface area contributed by atoms with Crippen molar-refractivity contribution in [2.24, 2.45) is 5.92 Å². The van der Waals surface area contributed by atoms with Crippen LogP contribution in [-0.2, 0) is 0 Å². The highest BCUT2D eigenvalue weighted by Gasteiger charge is 2.16. The average Bonchev–Trinajstić information content (AvgIpc) is 2.78. The van der Waals surface area contributed by atoms with Gasteiger partial charge in [0.1, 0.15) is 0 Å². The smallest absolute Gasteiger partial charge is 0.0572 e. The van der Waals surface area contributed by atoms with Crippen molar-refractivity contribution in [1.82, 2.24) is 10.3 Å². The maximum atomic E-state index is 4.67. The van der Waals surface area contributed by atoms with Crippen molar-refractivity contribution < 1.29 is 0 Å². The molecule has 0 spiro atoms. The lowest BCUT2D eigenvalue weighted by Gasteiger charge is -2.23. The molecule has 1 aliphatic heterocycles. The Morgan fingerprint density at radius 3 is 2.81 bits per heavy atom. The van der Waals surface area contributed by atoms with Crippen molar-refractivity contribution in [1.29, 1.82) is 0 Å². The van der Waals surface area contributed by atoms with Gasteiger partial charge < -0.3 is 10.2 Å². The van der Waals surface area contributed by atoms with Gasteiger partial charge in [0.05, 0.1) is 17.6 Å². The molecule has 0 amide bonds. The van der Waals surface area contributed by atoms with E-state index in [9.17, 15) is 0 Å². The summed E-state index contributed by atoms with van der Waals surface area (Å²) in [5.41, 5.74) is 2.44. The van der Waals surface area contributed by atoms with Gasteiger partial charge in [-0.05, 0) is 57.2 Å². The fourth-order valence-electron chi connectivity index (χ4n) is 3.14. The summed E-state index contributed by atoms with van der Waals surface area (Å²) in [7, 11) is 0. The zero-order valence-corrected chi connectivity index (χ0v) is 13.9. The topological polar surface area (TPSA) is 28.2 Å². The highest BCUT2D eigenvalue weighted by Crippen LogP contribution is 2.24.